The van der Waals surface area contributed by atoms with Crippen molar-refractivity contribution in [1.29, 1.82) is 0 Å². The first kappa shape index (κ1) is 11.9. The lowest BCUT2D eigenvalue weighted by atomic mass is 9.69. The van der Waals surface area contributed by atoms with Crippen LogP contribution in [0.15, 0.2) is 0 Å². The van der Waals surface area contributed by atoms with Gasteiger partial charge in [0.15, 0.2) is 0 Å². The molecule has 0 aliphatic carbocycles. The highest BCUT2D eigenvalue weighted by molar-refractivity contribution is 5.07. The van der Waals surface area contributed by atoms with E-state index in [0.717, 1.165) is 19.1 Å². The van der Waals surface area contributed by atoms with Crippen molar-refractivity contribution < 1.29 is 4.74 Å². The molecule has 1 N–H and O–H groups in total. The highest BCUT2D eigenvalue weighted by atomic mass is 16.5. The summed E-state index contributed by atoms with van der Waals surface area (Å²) in [6.07, 6.45) is 6.62. The van der Waals surface area contributed by atoms with Gasteiger partial charge in [-0.2, -0.15) is 0 Å². The molecular formula is C14H26N2O. The predicted octanol–water partition coefficient (Wildman–Crippen LogP) is 1.63. The fourth-order valence-electron chi connectivity index (χ4n) is 4.12. The summed E-state index contributed by atoms with van der Waals surface area (Å²) in [7, 11) is 0. The van der Waals surface area contributed by atoms with Crippen LogP contribution >= 0.6 is 0 Å². The van der Waals surface area contributed by atoms with Crippen LogP contribution in [0.1, 0.15) is 39.0 Å². The highest BCUT2D eigenvalue weighted by Gasteiger charge is 2.53. The summed E-state index contributed by atoms with van der Waals surface area (Å²) in [5.74, 6) is 0.808. The zero-order chi connectivity index (χ0) is 11.7. The van der Waals surface area contributed by atoms with Gasteiger partial charge in [0.1, 0.15) is 0 Å². The summed E-state index contributed by atoms with van der Waals surface area (Å²) in [5, 5.41) is 3.75. The van der Waals surface area contributed by atoms with Gasteiger partial charge in [-0.25, -0.2) is 0 Å². The Balaban J connectivity index is 1.76. The van der Waals surface area contributed by atoms with Gasteiger partial charge in [-0.15, -0.1) is 0 Å². The summed E-state index contributed by atoms with van der Waals surface area (Å²) >= 11 is 0. The standard InChI is InChI=1S/C14H26N2O/c1-2-3-4-13-14(17-10-7-15-13)11-16-8-5-12(14)6-9-16/h12-13,15H,2-11H2,1H3. The molecule has 4 fully saturated rings. The van der Waals surface area contributed by atoms with Crippen molar-refractivity contribution >= 4 is 0 Å². The molecule has 1 spiro atoms. The Labute approximate surface area is 105 Å². The minimum atomic E-state index is 0.157. The molecule has 4 aliphatic rings. The molecule has 3 nitrogen and oxygen atoms in total. The van der Waals surface area contributed by atoms with E-state index in [1.54, 1.807) is 0 Å². The van der Waals surface area contributed by atoms with Gasteiger partial charge in [-0.05, 0) is 38.3 Å². The molecule has 0 saturated carbocycles. The summed E-state index contributed by atoms with van der Waals surface area (Å²) in [6.45, 7) is 8.02. The lowest BCUT2D eigenvalue weighted by molar-refractivity contribution is -0.188. The monoisotopic (exact) mass is 238 g/mol. The number of rotatable bonds is 3. The van der Waals surface area contributed by atoms with Crippen molar-refractivity contribution in [1.82, 2.24) is 10.2 Å². The van der Waals surface area contributed by atoms with Gasteiger partial charge in [0.25, 0.3) is 0 Å². The van der Waals surface area contributed by atoms with Crippen molar-refractivity contribution in [3.63, 3.8) is 0 Å². The van der Waals surface area contributed by atoms with Crippen molar-refractivity contribution in [3.05, 3.63) is 0 Å². The van der Waals surface area contributed by atoms with E-state index in [4.69, 9.17) is 4.74 Å². The second-order valence-electron chi connectivity index (χ2n) is 6.00. The molecule has 4 saturated heterocycles. The lowest BCUT2D eigenvalue weighted by Gasteiger charge is -2.58. The Morgan fingerprint density at radius 1 is 1.35 bits per heavy atom. The third-order valence-corrected chi connectivity index (χ3v) is 5.05. The molecule has 3 heteroatoms. The first-order chi connectivity index (χ1) is 8.35. The minimum Gasteiger partial charge on any atom is -0.370 e. The molecule has 0 aromatic rings. The summed E-state index contributed by atoms with van der Waals surface area (Å²) < 4.78 is 6.35. The van der Waals surface area contributed by atoms with Crippen LogP contribution in [-0.2, 0) is 4.74 Å². The van der Waals surface area contributed by atoms with Crippen LogP contribution in [0, 0.1) is 5.92 Å². The SMILES string of the molecule is CCCCC1NCCOC12CN1CCC2CC1. The van der Waals surface area contributed by atoms with E-state index in [1.165, 1.54) is 51.7 Å². The summed E-state index contributed by atoms with van der Waals surface area (Å²) in [6, 6.07) is 0.601. The van der Waals surface area contributed by atoms with Gasteiger partial charge >= 0.3 is 0 Å². The third kappa shape index (κ3) is 2.02. The average molecular weight is 238 g/mol. The van der Waals surface area contributed by atoms with E-state index >= 15 is 0 Å². The number of hydrogen-bond acceptors (Lipinski definition) is 3. The summed E-state index contributed by atoms with van der Waals surface area (Å²) in [4.78, 5) is 2.62. The maximum Gasteiger partial charge on any atom is 0.0990 e. The molecule has 0 amide bonds. The van der Waals surface area contributed by atoms with E-state index in [-0.39, 0.29) is 5.60 Å². The fraction of sp³-hybridized carbons (Fsp3) is 1.00. The highest BCUT2D eigenvalue weighted by Crippen LogP contribution is 2.42. The normalized spacial score (nSPS) is 45.4. The number of hydrogen-bond donors (Lipinski definition) is 1. The Hall–Kier alpha value is -0.120. The van der Waals surface area contributed by atoms with E-state index in [2.05, 4.69) is 17.1 Å². The van der Waals surface area contributed by atoms with Gasteiger partial charge in [-0.3, -0.25) is 0 Å². The van der Waals surface area contributed by atoms with E-state index in [9.17, 15) is 0 Å². The topological polar surface area (TPSA) is 24.5 Å². The fourth-order valence-corrected chi connectivity index (χ4v) is 4.12. The maximum atomic E-state index is 6.35. The van der Waals surface area contributed by atoms with E-state index in [1.807, 2.05) is 0 Å². The van der Waals surface area contributed by atoms with Crippen molar-refractivity contribution in [2.24, 2.45) is 5.92 Å². The van der Waals surface area contributed by atoms with E-state index in [0.29, 0.717) is 6.04 Å². The van der Waals surface area contributed by atoms with Gasteiger partial charge in [0.2, 0.25) is 0 Å². The molecule has 2 atom stereocenters. The number of ether oxygens (including phenoxy) is 1. The second kappa shape index (κ2) is 4.87. The van der Waals surface area contributed by atoms with Crippen LogP contribution < -0.4 is 5.32 Å². The Morgan fingerprint density at radius 3 is 2.82 bits per heavy atom. The predicted molar refractivity (Wildman–Crippen MR) is 69.2 cm³/mol. The van der Waals surface area contributed by atoms with Gasteiger partial charge < -0.3 is 15.0 Å². The minimum absolute atomic E-state index is 0.157. The molecule has 4 aliphatic heterocycles. The Morgan fingerprint density at radius 2 is 2.18 bits per heavy atom. The molecule has 0 aromatic heterocycles. The number of piperidine rings is 3. The van der Waals surface area contributed by atoms with Crippen LogP contribution in [0.2, 0.25) is 0 Å². The summed E-state index contributed by atoms with van der Waals surface area (Å²) in [5.41, 5.74) is 0.157. The van der Waals surface area contributed by atoms with Crippen molar-refractivity contribution in [2.45, 2.75) is 50.7 Å². The smallest absolute Gasteiger partial charge is 0.0990 e. The molecule has 2 unspecified atom stereocenters. The van der Waals surface area contributed by atoms with Gasteiger partial charge in [0, 0.05) is 19.1 Å². The van der Waals surface area contributed by atoms with Crippen LogP contribution in [0.3, 0.4) is 0 Å². The van der Waals surface area contributed by atoms with Gasteiger partial charge in [-0.1, -0.05) is 19.8 Å². The zero-order valence-electron chi connectivity index (χ0n) is 11.1. The van der Waals surface area contributed by atoms with Crippen LogP contribution in [0.4, 0.5) is 0 Å². The number of morpholine rings is 1. The molecule has 4 rings (SSSR count). The molecule has 2 bridgehead atoms. The number of unbranched alkanes of at least 4 members (excludes halogenated alkanes) is 1. The van der Waals surface area contributed by atoms with Crippen LogP contribution in [-0.4, -0.2) is 49.3 Å². The van der Waals surface area contributed by atoms with Crippen molar-refractivity contribution in [3.8, 4) is 0 Å². The molecule has 4 heterocycles. The third-order valence-electron chi connectivity index (χ3n) is 5.05. The van der Waals surface area contributed by atoms with Crippen LogP contribution in [0.5, 0.6) is 0 Å². The largest absolute Gasteiger partial charge is 0.370 e. The first-order valence-corrected chi connectivity index (χ1v) is 7.45. The molecule has 0 aromatic carbocycles. The van der Waals surface area contributed by atoms with Crippen molar-refractivity contribution in [2.75, 3.05) is 32.8 Å². The molecular weight excluding hydrogens is 212 g/mol. The molecule has 0 radical (unpaired) electrons. The van der Waals surface area contributed by atoms with Gasteiger partial charge in [0.05, 0.1) is 12.2 Å². The quantitative estimate of drug-likeness (QED) is 0.809. The Bertz CT molecular complexity index is 263. The number of nitrogens with zero attached hydrogens (tertiary/aromatic N) is 1. The first-order valence-electron chi connectivity index (χ1n) is 7.45. The lowest BCUT2D eigenvalue weighted by Crippen LogP contribution is -2.71. The van der Waals surface area contributed by atoms with E-state index < -0.39 is 0 Å². The second-order valence-corrected chi connectivity index (χ2v) is 6.00. The Kier molecular flexibility index (Phi) is 3.42. The average Bonchev–Trinajstić information content (AvgIpc) is 2.39. The maximum absolute atomic E-state index is 6.35. The molecule has 17 heavy (non-hydrogen) atoms. The number of fused-ring (bicyclic) bond motifs is 2. The molecule has 98 valence electrons. The van der Waals surface area contributed by atoms with Crippen LogP contribution in [0.25, 0.3) is 0 Å². The zero-order valence-corrected chi connectivity index (χ0v) is 11.1. The number of nitrogens with one attached hydrogen (secondary N) is 1.